The van der Waals surface area contributed by atoms with Gasteiger partial charge < -0.3 is 29.0 Å². The van der Waals surface area contributed by atoms with E-state index in [1.807, 2.05) is 18.2 Å². The van der Waals surface area contributed by atoms with Gasteiger partial charge in [0.05, 0.1) is 26.9 Å². The summed E-state index contributed by atoms with van der Waals surface area (Å²) in [6, 6.07) is 8.90. The number of nitrogens with one attached hydrogen (secondary N) is 1. The summed E-state index contributed by atoms with van der Waals surface area (Å²) in [5.41, 5.74) is 1.27. The molecule has 0 aromatic heterocycles. The van der Waals surface area contributed by atoms with Gasteiger partial charge in [-0.15, -0.1) is 0 Å². The van der Waals surface area contributed by atoms with Crippen molar-refractivity contribution in [1.82, 2.24) is 5.32 Å². The predicted octanol–water partition coefficient (Wildman–Crippen LogP) is 2.41. The molecule has 0 unspecified atom stereocenters. The number of hydrogen-bond acceptors (Lipinski definition) is 6. The minimum atomic E-state index is -0.280. The minimum Gasteiger partial charge on any atom is -0.493 e. The van der Waals surface area contributed by atoms with Gasteiger partial charge in [-0.1, -0.05) is 6.07 Å². The second-order valence-corrected chi connectivity index (χ2v) is 5.54. The number of amides is 1. The smallest absolute Gasteiger partial charge is 0.255 e. The van der Waals surface area contributed by atoms with Gasteiger partial charge in [-0.3, -0.25) is 4.79 Å². The average molecular weight is 359 g/mol. The first kappa shape index (κ1) is 17.7. The van der Waals surface area contributed by atoms with Gasteiger partial charge in [-0.05, 0) is 29.8 Å². The Morgan fingerprint density at radius 2 is 1.69 bits per heavy atom. The first-order valence-electron chi connectivity index (χ1n) is 8.13. The summed E-state index contributed by atoms with van der Waals surface area (Å²) in [7, 11) is 4.51. The first-order valence-corrected chi connectivity index (χ1v) is 8.13. The second-order valence-electron chi connectivity index (χ2n) is 5.54. The van der Waals surface area contributed by atoms with Crippen LogP contribution in [0.4, 0.5) is 0 Å². The van der Waals surface area contributed by atoms with Crippen LogP contribution in [0.5, 0.6) is 28.7 Å². The highest BCUT2D eigenvalue weighted by atomic mass is 16.6. The zero-order chi connectivity index (χ0) is 18.5. The maximum absolute atomic E-state index is 12.6. The van der Waals surface area contributed by atoms with E-state index < -0.39 is 0 Å². The van der Waals surface area contributed by atoms with Crippen LogP contribution in [-0.2, 0) is 6.54 Å². The summed E-state index contributed by atoms with van der Waals surface area (Å²) in [5.74, 6) is 2.32. The predicted molar refractivity (Wildman–Crippen MR) is 94.7 cm³/mol. The third-order valence-electron chi connectivity index (χ3n) is 4.01. The van der Waals surface area contributed by atoms with Gasteiger partial charge in [0.1, 0.15) is 13.2 Å². The van der Waals surface area contributed by atoms with E-state index in [4.69, 9.17) is 23.7 Å². The summed E-state index contributed by atoms with van der Waals surface area (Å²) >= 11 is 0. The van der Waals surface area contributed by atoms with Crippen LogP contribution in [-0.4, -0.2) is 40.5 Å². The molecule has 1 aliphatic rings. The standard InChI is InChI=1S/C19H21NO6/c1-22-15-7-5-13(17(23-2)18(15)24-3)19(21)20-11-12-4-6-14-16(10-12)26-9-8-25-14/h4-7,10H,8-9,11H2,1-3H3,(H,20,21). The summed E-state index contributed by atoms with van der Waals surface area (Å²) in [6.07, 6.45) is 0. The molecule has 1 amide bonds. The molecule has 1 aliphatic heterocycles. The quantitative estimate of drug-likeness (QED) is 0.854. The molecule has 0 radical (unpaired) electrons. The molecule has 3 rings (SSSR count). The van der Waals surface area contributed by atoms with Crippen LogP contribution in [0.3, 0.4) is 0 Å². The molecule has 138 valence electrons. The average Bonchev–Trinajstić information content (AvgIpc) is 2.70. The number of hydrogen-bond donors (Lipinski definition) is 1. The van der Waals surface area contributed by atoms with Crippen LogP contribution in [0.25, 0.3) is 0 Å². The van der Waals surface area contributed by atoms with Crippen LogP contribution in [0.15, 0.2) is 30.3 Å². The molecule has 0 bridgehead atoms. The molecule has 1 heterocycles. The molecule has 0 saturated heterocycles. The van der Waals surface area contributed by atoms with E-state index in [9.17, 15) is 4.79 Å². The Labute approximate surface area is 151 Å². The third kappa shape index (κ3) is 3.46. The number of carbonyl (C=O) groups excluding carboxylic acids is 1. The van der Waals surface area contributed by atoms with Crippen molar-refractivity contribution in [2.75, 3.05) is 34.5 Å². The fourth-order valence-corrected chi connectivity index (χ4v) is 2.76. The zero-order valence-corrected chi connectivity index (χ0v) is 15.0. The Bertz CT molecular complexity index is 805. The number of methoxy groups -OCH3 is 3. The molecule has 0 spiro atoms. The van der Waals surface area contributed by atoms with E-state index in [2.05, 4.69) is 5.32 Å². The van der Waals surface area contributed by atoms with Crippen LogP contribution in [0.1, 0.15) is 15.9 Å². The van der Waals surface area contributed by atoms with Crippen molar-refractivity contribution in [3.8, 4) is 28.7 Å². The van der Waals surface area contributed by atoms with Gasteiger partial charge in [0, 0.05) is 6.54 Å². The van der Waals surface area contributed by atoms with E-state index in [-0.39, 0.29) is 5.91 Å². The Morgan fingerprint density at radius 3 is 2.38 bits per heavy atom. The fourth-order valence-electron chi connectivity index (χ4n) is 2.76. The second kappa shape index (κ2) is 7.86. The summed E-state index contributed by atoms with van der Waals surface area (Å²) < 4.78 is 27.0. The van der Waals surface area contributed by atoms with Gasteiger partial charge in [-0.25, -0.2) is 0 Å². The molecule has 7 heteroatoms. The summed E-state index contributed by atoms with van der Waals surface area (Å²) in [4.78, 5) is 12.6. The van der Waals surface area contributed by atoms with E-state index >= 15 is 0 Å². The van der Waals surface area contributed by atoms with Gasteiger partial charge in [0.2, 0.25) is 5.75 Å². The molecule has 0 saturated carbocycles. The largest absolute Gasteiger partial charge is 0.493 e. The molecule has 2 aromatic rings. The van der Waals surface area contributed by atoms with Crippen molar-refractivity contribution in [3.63, 3.8) is 0 Å². The summed E-state index contributed by atoms with van der Waals surface area (Å²) in [6.45, 7) is 1.40. The lowest BCUT2D eigenvalue weighted by Crippen LogP contribution is -2.24. The van der Waals surface area contributed by atoms with Crippen molar-refractivity contribution >= 4 is 5.91 Å². The van der Waals surface area contributed by atoms with E-state index in [0.717, 1.165) is 5.56 Å². The highest BCUT2D eigenvalue weighted by Gasteiger charge is 2.20. The molecule has 1 N–H and O–H groups in total. The van der Waals surface area contributed by atoms with Crippen molar-refractivity contribution in [2.45, 2.75) is 6.54 Å². The van der Waals surface area contributed by atoms with Crippen LogP contribution in [0.2, 0.25) is 0 Å². The number of ether oxygens (including phenoxy) is 5. The van der Waals surface area contributed by atoms with Gasteiger partial charge >= 0.3 is 0 Å². The highest BCUT2D eigenvalue weighted by Crippen LogP contribution is 2.39. The molecule has 0 atom stereocenters. The monoisotopic (exact) mass is 359 g/mol. The number of carbonyl (C=O) groups is 1. The van der Waals surface area contributed by atoms with Gasteiger partial charge in [0.25, 0.3) is 5.91 Å². The van der Waals surface area contributed by atoms with E-state index in [1.54, 1.807) is 12.1 Å². The topological polar surface area (TPSA) is 75.3 Å². The van der Waals surface area contributed by atoms with Crippen molar-refractivity contribution in [3.05, 3.63) is 41.5 Å². The molecule has 7 nitrogen and oxygen atoms in total. The Balaban J connectivity index is 1.76. The summed E-state index contributed by atoms with van der Waals surface area (Å²) in [5, 5.41) is 2.87. The number of benzene rings is 2. The van der Waals surface area contributed by atoms with Crippen molar-refractivity contribution in [1.29, 1.82) is 0 Å². The molecular weight excluding hydrogens is 338 g/mol. The van der Waals surface area contributed by atoms with Crippen LogP contribution >= 0.6 is 0 Å². The maximum atomic E-state index is 12.6. The van der Waals surface area contributed by atoms with Gasteiger partial charge in [0.15, 0.2) is 23.0 Å². The molecule has 0 aliphatic carbocycles. The van der Waals surface area contributed by atoms with E-state index in [1.165, 1.54) is 21.3 Å². The fraction of sp³-hybridized carbons (Fsp3) is 0.316. The highest BCUT2D eigenvalue weighted by molar-refractivity contribution is 5.98. The van der Waals surface area contributed by atoms with E-state index in [0.29, 0.717) is 54.1 Å². The maximum Gasteiger partial charge on any atom is 0.255 e. The lowest BCUT2D eigenvalue weighted by Gasteiger charge is -2.19. The van der Waals surface area contributed by atoms with Crippen molar-refractivity contribution < 1.29 is 28.5 Å². The third-order valence-corrected chi connectivity index (χ3v) is 4.01. The first-order chi connectivity index (χ1) is 12.7. The van der Waals surface area contributed by atoms with Crippen molar-refractivity contribution in [2.24, 2.45) is 0 Å². The Morgan fingerprint density at radius 1 is 0.962 bits per heavy atom. The number of fused-ring (bicyclic) bond motifs is 1. The lowest BCUT2D eigenvalue weighted by molar-refractivity contribution is 0.0947. The zero-order valence-electron chi connectivity index (χ0n) is 15.0. The molecule has 2 aromatic carbocycles. The molecule has 26 heavy (non-hydrogen) atoms. The number of rotatable bonds is 6. The lowest BCUT2D eigenvalue weighted by atomic mass is 10.1. The minimum absolute atomic E-state index is 0.280. The van der Waals surface area contributed by atoms with Crippen LogP contribution < -0.4 is 29.0 Å². The molecule has 0 fully saturated rings. The SMILES string of the molecule is COc1ccc(C(=O)NCc2ccc3c(c2)OCCO3)c(OC)c1OC. The molecular formula is C19H21NO6. The Kier molecular flexibility index (Phi) is 5.36. The van der Waals surface area contributed by atoms with Gasteiger partial charge in [-0.2, -0.15) is 0 Å². The van der Waals surface area contributed by atoms with Crippen LogP contribution in [0, 0.1) is 0 Å². The normalized spacial score (nSPS) is 12.3. The Hall–Kier alpha value is -3.09.